The summed E-state index contributed by atoms with van der Waals surface area (Å²) in [6.45, 7) is 5.06. The summed E-state index contributed by atoms with van der Waals surface area (Å²) in [4.78, 5) is 14.4. The number of carbonyl (C=O) groups is 1. The van der Waals surface area contributed by atoms with Crippen LogP contribution in [0.2, 0.25) is 0 Å². The van der Waals surface area contributed by atoms with Gasteiger partial charge in [-0.1, -0.05) is 43.7 Å². The van der Waals surface area contributed by atoms with Crippen molar-refractivity contribution >= 4 is 5.91 Å². The number of hydrogen-bond acceptors (Lipinski definition) is 2. The lowest BCUT2D eigenvalue weighted by Crippen LogP contribution is -2.41. The molecule has 1 saturated heterocycles. The molecule has 1 aliphatic heterocycles. The maximum absolute atomic E-state index is 11.9. The number of nitrogens with zero attached hydrogens (tertiary/aromatic N) is 1. The first kappa shape index (κ1) is 16.0. The van der Waals surface area contributed by atoms with Gasteiger partial charge in [-0.3, -0.25) is 9.69 Å². The lowest BCUT2D eigenvalue weighted by atomic mass is 10.00. The highest BCUT2D eigenvalue weighted by molar-refractivity contribution is 5.76. The molecule has 1 amide bonds. The van der Waals surface area contributed by atoms with Crippen LogP contribution in [0.5, 0.6) is 0 Å². The van der Waals surface area contributed by atoms with Crippen molar-refractivity contribution < 1.29 is 4.79 Å². The van der Waals surface area contributed by atoms with Gasteiger partial charge in [0.05, 0.1) is 0 Å². The fraction of sp³-hybridized carbons (Fsp3) is 0.611. The minimum atomic E-state index is 0.186. The minimum Gasteiger partial charge on any atom is -0.356 e. The van der Waals surface area contributed by atoms with Gasteiger partial charge < -0.3 is 5.32 Å². The molecule has 0 radical (unpaired) electrons. The van der Waals surface area contributed by atoms with Crippen molar-refractivity contribution in [1.29, 1.82) is 0 Å². The Morgan fingerprint density at radius 2 is 2.10 bits per heavy atom. The van der Waals surface area contributed by atoms with E-state index >= 15 is 0 Å². The highest BCUT2D eigenvalue weighted by Gasteiger charge is 2.20. The van der Waals surface area contributed by atoms with Gasteiger partial charge in [-0.15, -0.1) is 0 Å². The number of piperidine rings is 1. The van der Waals surface area contributed by atoms with Crippen LogP contribution < -0.4 is 5.32 Å². The van der Waals surface area contributed by atoms with E-state index in [0.717, 1.165) is 26.1 Å². The molecule has 3 nitrogen and oxygen atoms in total. The predicted molar refractivity (Wildman–Crippen MR) is 87.3 cm³/mol. The SMILES string of the molecule is CCC1CCCCN1CCC(=O)NCCc1ccccc1. The normalized spacial score (nSPS) is 19.4. The molecule has 116 valence electrons. The third kappa shape index (κ3) is 5.50. The van der Waals surface area contributed by atoms with Crippen LogP contribution in [-0.4, -0.2) is 36.5 Å². The Morgan fingerprint density at radius 3 is 2.86 bits per heavy atom. The Balaban J connectivity index is 1.63. The van der Waals surface area contributed by atoms with Crippen LogP contribution in [0.4, 0.5) is 0 Å². The molecule has 21 heavy (non-hydrogen) atoms. The molecule has 0 saturated carbocycles. The van der Waals surface area contributed by atoms with Crippen molar-refractivity contribution in [3.8, 4) is 0 Å². The predicted octanol–water partition coefficient (Wildman–Crippen LogP) is 3.00. The molecular weight excluding hydrogens is 260 g/mol. The van der Waals surface area contributed by atoms with Crippen LogP contribution >= 0.6 is 0 Å². The van der Waals surface area contributed by atoms with E-state index in [1.165, 1.54) is 31.2 Å². The average molecular weight is 288 g/mol. The second-order valence-corrected chi connectivity index (χ2v) is 5.93. The molecule has 1 N–H and O–H groups in total. The summed E-state index contributed by atoms with van der Waals surface area (Å²) in [6, 6.07) is 11.0. The van der Waals surface area contributed by atoms with E-state index in [1.807, 2.05) is 18.2 Å². The Bertz CT molecular complexity index is 418. The molecule has 1 aromatic carbocycles. The average Bonchev–Trinajstić information content (AvgIpc) is 2.54. The van der Waals surface area contributed by atoms with Crippen molar-refractivity contribution in [2.75, 3.05) is 19.6 Å². The zero-order chi connectivity index (χ0) is 14.9. The second-order valence-electron chi connectivity index (χ2n) is 5.93. The van der Waals surface area contributed by atoms with E-state index in [-0.39, 0.29) is 5.91 Å². The van der Waals surface area contributed by atoms with Crippen molar-refractivity contribution in [3.05, 3.63) is 35.9 Å². The Labute approximate surface area is 128 Å². The van der Waals surface area contributed by atoms with Crippen molar-refractivity contribution in [2.45, 2.75) is 51.5 Å². The third-order valence-electron chi connectivity index (χ3n) is 4.43. The monoisotopic (exact) mass is 288 g/mol. The largest absolute Gasteiger partial charge is 0.356 e. The molecule has 1 unspecified atom stereocenters. The molecule has 1 aliphatic rings. The van der Waals surface area contributed by atoms with Crippen LogP contribution in [0.15, 0.2) is 30.3 Å². The first-order chi connectivity index (χ1) is 10.3. The van der Waals surface area contributed by atoms with Gasteiger partial charge in [-0.2, -0.15) is 0 Å². The summed E-state index contributed by atoms with van der Waals surface area (Å²) in [5, 5.41) is 3.04. The number of hydrogen-bond donors (Lipinski definition) is 1. The first-order valence-corrected chi connectivity index (χ1v) is 8.34. The number of benzene rings is 1. The first-order valence-electron chi connectivity index (χ1n) is 8.34. The van der Waals surface area contributed by atoms with E-state index in [9.17, 15) is 4.79 Å². The lowest BCUT2D eigenvalue weighted by molar-refractivity contribution is -0.121. The lowest BCUT2D eigenvalue weighted by Gasteiger charge is -2.35. The summed E-state index contributed by atoms with van der Waals surface area (Å²) in [6.07, 6.45) is 6.67. The number of nitrogens with one attached hydrogen (secondary N) is 1. The molecule has 2 rings (SSSR count). The van der Waals surface area contributed by atoms with Crippen LogP contribution in [0.3, 0.4) is 0 Å². The molecule has 1 fully saturated rings. The van der Waals surface area contributed by atoms with Gasteiger partial charge in [0.15, 0.2) is 0 Å². The molecule has 1 heterocycles. The Hall–Kier alpha value is -1.35. The highest BCUT2D eigenvalue weighted by Crippen LogP contribution is 2.19. The van der Waals surface area contributed by atoms with Gasteiger partial charge >= 0.3 is 0 Å². The fourth-order valence-electron chi connectivity index (χ4n) is 3.14. The maximum Gasteiger partial charge on any atom is 0.221 e. The van der Waals surface area contributed by atoms with Crippen LogP contribution in [0.25, 0.3) is 0 Å². The third-order valence-corrected chi connectivity index (χ3v) is 4.43. The molecule has 0 aliphatic carbocycles. The number of rotatable bonds is 7. The van der Waals surface area contributed by atoms with E-state index < -0.39 is 0 Å². The van der Waals surface area contributed by atoms with Gasteiger partial charge in [-0.05, 0) is 37.8 Å². The smallest absolute Gasteiger partial charge is 0.221 e. The summed E-state index contributed by atoms with van der Waals surface area (Å²) < 4.78 is 0. The number of carbonyl (C=O) groups excluding carboxylic acids is 1. The highest BCUT2D eigenvalue weighted by atomic mass is 16.1. The topological polar surface area (TPSA) is 32.3 Å². The summed E-state index contributed by atoms with van der Waals surface area (Å²) >= 11 is 0. The van der Waals surface area contributed by atoms with E-state index in [4.69, 9.17) is 0 Å². The molecule has 3 heteroatoms. The molecule has 1 atom stereocenters. The van der Waals surface area contributed by atoms with Gasteiger partial charge in [0.1, 0.15) is 0 Å². The van der Waals surface area contributed by atoms with Gasteiger partial charge in [0.2, 0.25) is 5.91 Å². The summed E-state index contributed by atoms with van der Waals surface area (Å²) in [5.41, 5.74) is 1.28. The number of amides is 1. The van der Waals surface area contributed by atoms with Crippen LogP contribution in [0, 0.1) is 0 Å². The van der Waals surface area contributed by atoms with Gasteiger partial charge in [-0.25, -0.2) is 0 Å². The quantitative estimate of drug-likeness (QED) is 0.836. The Kier molecular flexibility index (Phi) is 6.74. The molecule has 0 bridgehead atoms. The molecule has 0 spiro atoms. The number of likely N-dealkylation sites (tertiary alicyclic amines) is 1. The van der Waals surface area contributed by atoms with Crippen LogP contribution in [0.1, 0.15) is 44.6 Å². The maximum atomic E-state index is 11.9. The van der Waals surface area contributed by atoms with E-state index in [1.54, 1.807) is 0 Å². The van der Waals surface area contributed by atoms with Crippen molar-refractivity contribution in [3.63, 3.8) is 0 Å². The van der Waals surface area contributed by atoms with Gasteiger partial charge in [0.25, 0.3) is 0 Å². The van der Waals surface area contributed by atoms with Crippen molar-refractivity contribution in [2.24, 2.45) is 0 Å². The molecule has 1 aromatic rings. The van der Waals surface area contributed by atoms with Crippen molar-refractivity contribution in [1.82, 2.24) is 10.2 Å². The zero-order valence-electron chi connectivity index (χ0n) is 13.2. The fourth-order valence-corrected chi connectivity index (χ4v) is 3.14. The van der Waals surface area contributed by atoms with Crippen LogP contribution in [-0.2, 0) is 11.2 Å². The zero-order valence-corrected chi connectivity index (χ0v) is 13.2. The minimum absolute atomic E-state index is 0.186. The summed E-state index contributed by atoms with van der Waals surface area (Å²) in [5.74, 6) is 0.186. The van der Waals surface area contributed by atoms with E-state index in [0.29, 0.717) is 12.5 Å². The standard InChI is InChI=1S/C18H28N2O/c1-2-17-10-6-7-14-20(17)15-12-18(21)19-13-11-16-8-4-3-5-9-16/h3-5,8-9,17H,2,6-7,10-15H2,1H3,(H,19,21). The second kappa shape index (κ2) is 8.83. The van der Waals surface area contributed by atoms with Gasteiger partial charge in [0, 0.05) is 25.6 Å². The van der Waals surface area contributed by atoms with E-state index in [2.05, 4.69) is 29.3 Å². The summed E-state index contributed by atoms with van der Waals surface area (Å²) in [7, 11) is 0. The molecular formula is C18H28N2O. The Morgan fingerprint density at radius 1 is 1.29 bits per heavy atom. The molecule has 0 aromatic heterocycles.